The molecule has 0 spiro atoms. The Labute approximate surface area is 426 Å². The second kappa shape index (κ2) is 17.9. The summed E-state index contributed by atoms with van der Waals surface area (Å²) in [5.74, 6) is 1.33. The average Bonchev–Trinajstić information content (AvgIpc) is 4.01. The van der Waals surface area contributed by atoms with Crippen LogP contribution < -0.4 is 0 Å². The molecule has 8 heteroatoms. The molecule has 3 heterocycles. The van der Waals surface area contributed by atoms with Gasteiger partial charge >= 0.3 is 0 Å². The molecule has 0 aliphatic rings. The molecule has 0 unspecified atom stereocenters. The molecular formula is C66H38N8. The van der Waals surface area contributed by atoms with Gasteiger partial charge < -0.3 is 9.13 Å². The molecule has 0 amide bonds. The molecular weight excluding hydrogens is 905 g/mol. The van der Waals surface area contributed by atoms with Crippen molar-refractivity contribution in [3.05, 3.63) is 253 Å². The summed E-state index contributed by atoms with van der Waals surface area (Å²) in [6.07, 6.45) is 0. The number of hydrogen-bond donors (Lipinski definition) is 0. The third-order valence-electron chi connectivity index (χ3n) is 13.9. The lowest BCUT2D eigenvalue weighted by Gasteiger charge is -2.17. The van der Waals surface area contributed by atoms with Gasteiger partial charge in [-0.2, -0.15) is 10.5 Å². The lowest BCUT2D eigenvalue weighted by Crippen LogP contribution is -2.04. The van der Waals surface area contributed by atoms with Crippen LogP contribution in [0.4, 0.5) is 5.69 Å². The van der Waals surface area contributed by atoms with E-state index in [-0.39, 0.29) is 0 Å². The van der Waals surface area contributed by atoms with Gasteiger partial charge in [0, 0.05) is 49.6 Å². The van der Waals surface area contributed by atoms with E-state index in [2.05, 4.69) is 160 Å². The first kappa shape index (κ1) is 43.3. The van der Waals surface area contributed by atoms with E-state index < -0.39 is 0 Å². The van der Waals surface area contributed by atoms with Gasteiger partial charge in [0.2, 0.25) is 0 Å². The summed E-state index contributed by atoms with van der Waals surface area (Å²) >= 11 is 0. The SMILES string of the molecule is [C-]#[N+]c1cccc(-c2ccc(-n3c4ccccc4c4ccccc43)cc2-c2nc(-c3ccc(-c4ccc(C#N)cc4)cc3)nc(-c3cc(-n4c5ccccc5c5ccccc54)ccc3-c3cccc(C#N)c3)n2)c1. The number of nitrogens with zero attached hydrogens (tertiary/aromatic N) is 8. The Morgan fingerprint density at radius 1 is 0.338 bits per heavy atom. The summed E-state index contributed by atoms with van der Waals surface area (Å²) in [5, 5.41) is 24.2. The Morgan fingerprint density at radius 2 is 0.757 bits per heavy atom. The van der Waals surface area contributed by atoms with Gasteiger partial charge in [0.1, 0.15) is 0 Å². The summed E-state index contributed by atoms with van der Waals surface area (Å²) in [6.45, 7) is 7.97. The zero-order chi connectivity index (χ0) is 49.7. The van der Waals surface area contributed by atoms with Crippen LogP contribution in [0.2, 0.25) is 0 Å². The molecule has 3 aromatic heterocycles. The number of aromatic nitrogens is 5. The van der Waals surface area contributed by atoms with Crippen LogP contribution in [0.3, 0.4) is 0 Å². The van der Waals surface area contributed by atoms with Crippen LogP contribution in [0.5, 0.6) is 0 Å². The molecule has 0 radical (unpaired) electrons. The first-order valence-corrected chi connectivity index (χ1v) is 24.1. The van der Waals surface area contributed by atoms with Crippen molar-refractivity contribution in [3.63, 3.8) is 0 Å². The molecule has 0 aliphatic carbocycles. The molecule has 342 valence electrons. The number of hydrogen-bond acceptors (Lipinski definition) is 5. The largest absolute Gasteiger partial charge is 0.309 e. The maximum absolute atomic E-state index is 10.1. The highest BCUT2D eigenvalue weighted by molar-refractivity contribution is 6.10. The maximum atomic E-state index is 10.1. The third-order valence-corrected chi connectivity index (χ3v) is 13.9. The zero-order valence-corrected chi connectivity index (χ0v) is 39.5. The predicted octanol–water partition coefficient (Wildman–Crippen LogP) is 16.4. The highest BCUT2D eigenvalue weighted by Gasteiger charge is 2.22. The van der Waals surface area contributed by atoms with Crippen molar-refractivity contribution in [2.24, 2.45) is 0 Å². The van der Waals surface area contributed by atoms with Gasteiger partial charge in [-0.3, -0.25) is 0 Å². The number of fused-ring (bicyclic) bond motifs is 6. The predicted molar refractivity (Wildman–Crippen MR) is 297 cm³/mol. The van der Waals surface area contributed by atoms with Gasteiger partial charge in [0.05, 0.1) is 51.9 Å². The molecule has 0 bridgehead atoms. The Bertz CT molecular complexity index is 4180. The highest BCUT2D eigenvalue weighted by Crippen LogP contribution is 2.41. The molecule has 0 fully saturated rings. The van der Waals surface area contributed by atoms with Crippen molar-refractivity contribution < 1.29 is 0 Å². The summed E-state index contributed by atoms with van der Waals surface area (Å²) in [7, 11) is 0. The van der Waals surface area contributed by atoms with E-state index in [1.54, 1.807) is 0 Å². The maximum Gasteiger partial charge on any atom is 0.187 e. The quantitative estimate of drug-likeness (QED) is 0.141. The summed E-state index contributed by atoms with van der Waals surface area (Å²) in [5.41, 5.74) is 15.3. The van der Waals surface area contributed by atoms with Crippen molar-refractivity contribution >= 4 is 49.3 Å². The van der Waals surface area contributed by atoms with E-state index in [9.17, 15) is 10.5 Å². The molecule has 74 heavy (non-hydrogen) atoms. The van der Waals surface area contributed by atoms with Gasteiger partial charge in [-0.25, -0.2) is 19.8 Å². The van der Waals surface area contributed by atoms with Crippen LogP contribution in [-0.4, -0.2) is 24.1 Å². The molecule has 0 atom stereocenters. The van der Waals surface area contributed by atoms with Crippen LogP contribution in [0.1, 0.15) is 11.1 Å². The van der Waals surface area contributed by atoms with Crippen molar-refractivity contribution in [1.82, 2.24) is 24.1 Å². The van der Waals surface area contributed by atoms with Crippen molar-refractivity contribution in [1.29, 1.82) is 10.5 Å². The molecule has 0 saturated heterocycles. The first-order valence-electron chi connectivity index (χ1n) is 24.1. The molecule has 0 aliphatic heterocycles. The Morgan fingerprint density at radius 3 is 1.23 bits per heavy atom. The van der Waals surface area contributed by atoms with E-state index in [0.29, 0.717) is 34.3 Å². The second-order valence-corrected chi connectivity index (χ2v) is 18.1. The van der Waals surface area contributed by atoms with Gasteiger partial charge in [-0.1, -0.05) is 152 Å². The van der Waals surface area contributed by atoms with Crippen molar-refractivity contribution in [2.45, 2.75) is 0 Å². The molecule has 0 saturated carbocycles. The smallest absolute Gasteiger partial charge is 0.187 e. The minimum absolute atomic E-state index is 0.435. The van der Waals surface area contributed by atoms with Crippen LogP contribution >= 0.6 is 0 Å². The number of benzene rings is 10. The monoisotopic (exact) mass is 942 g/mol. The van der Waals surface area contributed by atoms with Gasteiger partial charge in [-0.05, 0) is 112 Å². The Balaban J connectivity index is 1.10. The molecule has 13 aromatic rings. The van der Waals surface area contributed by atoms with Gasteiger partial charge in [0.15, 0.2) is 23.2 Å². The number of rotatable bonds is 8. The number of nitriles is 2. The summed E-state index contributed by atoms with van der Waals surface area (Å²) in [4.78, 5) is 20.2. The van der Waals surface area contributed by atoms with Crippen LogP contribution in [-0.2, 0) is 0 Å². The fourth-order valence-electron chi connectivity index (χ4n) is 10.4. The van der Waals surface area contributed by atoms with E-state index in [1.807, 2.05) is 97.1 Å². The van der Waals surface area contributed by atoms with Crippen LogP contribution in [0.25, 0.3) is 127 Å². The topological polar surface area (TPSA) is 100 Å². The molecule has 8 nitrogen and oxygen atoms in total. The normalized spacial score (nSPS) is 11.2. The highest BCUT2D eigenvalue weighted by atomic mass is 15.0. The van der Waals surface area contributed by atoms with Gasteiger partial charge in [0.25, 0.3) is 0 Å². The molecule has 10 aromatic carbocycles. The van der Waals surface area contributed by atoms with Crippen LogP contribution in [0.15, 0.2) is 231 Å². The minimum atomic E-state index is 0.435. The lowest BCUT2D eigenvalue weighted by molar-refractivity contribution is 1.07. The summed E-state index contributed by atoms with van der Waals surface area (Å²) < 4.78 is 4.57. The van der Waals surface area contributed by atoms with E-state index in [4.69, 9.17) is 21.5 Å². The second-order valence-electron chi connectivity index (χ2n) is 18.1. The fraction of sp³-hybridized carbons (Fsp3) is 0. The standard InChI is InChI=1S/C66H38N8/c1-69-49-15-11-14-48(37-49)53-35-33-51(74-62-22-8-4-18-56(62)57-19-5-9-23-63(57)74)39-59(53)66-71-64(46-30-28-45(29-31-46)44-26-24-42(40-67)25-27-44)70-65(72-66)58-38-50(32-34-52(58)47-13-10-12-43(36-47)41-68)73-60-20-6-2-16-54(60)55-17-3-7-21-61(55)73/h2-39H. The lowest BCUT2D eigenvalue weighted by atomic mass is 9.96. The molecule has 13 rings (SSSR count). The third kappa shape index (κ3) is 7.42. The van der Waals surface area contributed by atoms with E-state index in [0.717, 1.165) is 105 Å². The first-order chi connectivity index (χ1) is 36.5. The van der Waals surface area contributed by atoms with Crippen molar-refractivity contribution in [2.75, 3.05) is 0 Å². The van der Waals surface area contributed by atoms with E-state index in [1.165, 1.54) is 0 Å². The van der Waals surface area contributed by atoms with Gasteiger partial charge in [-0.15, -0.1) is 0 Å². The number of para-hydroxylation sites is 4. The molecule has 0 N–H and O–H groups in total. The Hall–Kier alpha value is -10.7. The average molecular weight is 943 g/mol. The van der Waals surface area contributed by atoms with Crippen molar-refractivity contribution in [3.8, 4) is 91.1 Å². The zero-order valence-electron chi connectivity index (χ0n) is 39.5. The summed E-state index contributed by atoms with van der Waals surface area (Å²) in [6, 6.07) is 82.1. The Kier molecular flexibility index (Phi) is 10.5. The fourth-order valence-corrected chi connectivity index (χ4v) is 10.4. The van der Waals surface area contributed by atoms with Crippen LogP contribution in [0, 0.1) is 29.2 Å². The van der Waals surface area contributed by atoms with E-state index >= 15 is 0 Å². The minimum Gasteiger partial charge on any atom is -0.309 e.